The van der Waals surface area contributed by atoms with E-state index in [1.807, 2.05) is 11.8 Å². The maximum atomic E-state index is 11.1. The first-order chi connectivity index (χ1) is 7.66. The van der Waals surface area contributed by atoms with E-state index in [-0.39, 0.29) is 6.03 Å². The lowest BCUT2D eigenvalue weighted by atomic mass is 10.0. The van der Waals surface area contributed by atoms with Gasteiger partial charge in [-0.1, -0.05) is 6.42 Å². The lowest BCUT2D eigenvalue weighted by Crippen LogP contribution is -2.36. The molecule has 2 fully saturated rings. The van der Waals surface area contributed by atoms with Crippen molar-refractivity contribution in [3.8, 4) is 0 Å². The van der Waals surface area contributed by atoms with Gasteiger partial charge in [-0.25, -0.2) is 4.79 Å². The summed E-state index contributed by atoms with van der Waals surface area (Å²) in [7, 11) is 0. The molecule has 16 heavy (non-hydrogen) atoms. The van der Waals surface area contributed by atoms with Gasteiger partial charge in [0.05, 0.1) is 12.1 Å². The molecule has 92 valence electrons. The summed E-state index contributed by atoms with van der Waals surface area (Å²) in [4.78, 5) is 11.1. The van der Waals surface area contributed by atoms with Gasteiger partial charge in [-0.3, -0.25) is 0 Å². The molecular weight excluding hydrogens is 226 g/mol. The third-order valence-electron chi connectivity index (χ3n) is 3.18. The van der Waals surface area contributed by atoms with Crippen LogP contribution < -0.4 is 16.4 Å². The summed E-state index contributed by atoms with van der Waals surface area (Å²) in [6.45, 7) is 0. The van der Waals surface area contributed by atoms with Gasteiger partial charge >= 0.3 is 6.03 Å². The van der Waals surface area contributed by atoms with Crippen LogP contribution in [0.1, 0.15) is 25.7 Å². The molecular formula is C10H19N3O2S. The normalized spacial score (nSPS) is 34.4. The van der Waals surface area contributed by atoms with E-state index in [2.05, 4.69) is 10.6 Å². The highest BCUT2D eigenvalue weighted by atomic mass is 32.2. The van der Waals surface area contributed by atoms with Crippen molar-refractivity contribution in [3.05, 3.63) is 0 Å². The molecule has 2 aliphatic heterocycles. The minimum absolute atomic E-state index is 0.0299. The Kier molecular flexibility index (Phi) is 3.94. The van der Waals surface area contributed by atoms with Crippen LogP contribution in [0.5, 0.6) is 0 Å². The van der Waals surface area contributed by atoms with E-state index in [0.717, 1.165) is 25.0 Å². The maximum absolute atomic E-state index is 11.1. The third-order valence-corrected chi connectivity index (χ3v) is 4.69. The van der Waals surface area contributed by atoms with Crippen LogP contribution in [-0.4, -0.2) is 40.5 Å². The number of carbonyl (C=O) groups is 1. The van der Waals surface area contributed by atoms with E-state index in [9.17, 15) is 4.79 Å². The van der Waals surface area contributed by atoms with Crippen molar-refractivity contribution in [2.45, 2.75) is 49.2 Å². The molecule has 2 rings (SSSR count). The Morgan fingerprint density at radius 3 is 3.06 bits per heavy atom. The Morgan fingerprint density at radius 2 is 2.31 bits per heavy atom. The van der Waals surface area contributed by atoms with Gasteiger partial charge in [0, 0.05) is 11.0 Å². The second-order valence-corrected chi connectivity index (χ2v) is 5.75. The summed E-state index contributed by atoms with van der Waals surface area (Å²) < 4.78 is 0. The first-order valence-electron chi connectivity index (χ1n) is 5.79. The minimum atomic E-state index is -0.683. The lowest BCUT2D eigenvalue weighted by molar-refractivity contribution is 0.168. The Hall–Kier alpha value is -0.460. The van der Waals surface area contributed by atoms with Crippen molar-refractivity contribution in [2.75, 3.05) is 5.75 Å². The number of rotatable bonds is 5. The summed E-state index contributed by atoms with van der Waals surface area (Å²) in [5.74, 6) is 1.01. The van der Waals surface area contributed by atoms with Crippen LogP contribution in [0.25, 0.3) is 0 Å². The fourth-order valence-electron chi connectivity index (χ4n) is 2.34. The van der Waals surface area contributed by atoms with Gasteiger partial charge in [-0.05, 0) is 19.3 Å². The van der Waals surface area contributed by atoms with Gasteiger partial charge in [0.15, 0.2) is 0 Å². The van der Waals surface area contributed by atoms with Crippen LogP contribution in [0.4, 0.5) is 4.79 Å². The molecule has 2 saturated heterocycles. The number of nitrogens with one attached hydrogen (secondary N) is 2. The Balaban J connectivity index is 1.68. The number of amides is 2. The first kappa shape index (κ1) is 12.0. The van der Waals surface area contributed by atoms with Gasteiger partial charge in [0.25, 0.3) is 0 Å². The lowest BCUT2D eigenvalue weighted by Gasteiger charge is -2.16. The average molecular weight is 245 g/mol. The zero-order valence-corrected chi connectivity index (χ0v) is 10.0. The quantitative estimate of drug-likeness (QED) is 0.312. The maximum Gasteiger partial charge on any atom is 0.315 e. The molecule has 0 aromatic heterocycles. The number of hydrogen-bond acceptors (Lipinski definition) is 4. The highest BCUT2D eigenvalue weighted by Gasteiger charge is 2.42. The van der Waals surface area contributed by atoms with Gasteiger partial charge in [0.2, 0.25) is 0 Å². The van der Waals surface area contributed by atoms with Crippen molar-refractivity contribution in [1.29, 1.82) is 0 Å². The predicted molar refractivity (Wildman–Crippen MR) is 64.2 cm³/mol. The molecule has 0 bridgehead atoms. The monoisotopic (exact) mass is 245 g/mol. The Labute approximate surface area is 99.5 Å². The molecule has 2 heterocycles. The zero-order valence-electron chi connectivity index (χ0n) is 9.19. The Bertz CT molecular complexity index is 262. The molecule has 0 aromatic rings. The fraction of sp³-hybridized carbons (Fsp3) is 0.900. The second kappa shape index (κ2) is 5.25. The first-order valence-corrected chi connectivity index (χ1v) is 6.84. The molecule has 5 nitrogen and oxygen atoms in total. The molecule has 5 N–H and O–H groups in total. The molecule has 0 saturated carbocycles. The number of aliphatic hydroxyl groups excluding tert-OH is 1. The molecule has 2 amide bonds. The molecule has 0 unspecified atom stereocenters. The van der Waals surface area contributed by atoms with Crippen LogP contribution in [-0.2, 0) is 0 Å². The number of urea groups is 1. The van der Waals surface area contributed by atoms with E-state index in [0.29, 0.717) is 23.8 Å². The Morgan fingerprint density at radius 1 is 1.50 bits per heavy atom. The van der Waals surface area contributed by atoms with Crippen LogP contribution in [0.2, 0.25) is 0 Å². The molecule has 2 aliphatic rings. The number of hydrogen-bond donors (Lipinski definition) is 4. The summed E-state index contributed by atoms with van der Waals surface area (Å²) in [6, 6.07) is 0.570. The molecule has 0 aromatic carbocycles. The smallest absolute Gasteiger partial charge is 0.315 e. The summed E-state index contributed by atoms with van der Waals surface area (Å²) >= 11 is 1.92. The number of aliphatic hydroxyl groups is 1. The third kappa shape index (κ3) is 2.81. The number of unbranched alkanes of at least 4 members (excludes halogenated alkanes) is 1. The summed E-state index contributed by atoms with van der Waals surface area (Å²) in [5.41, 5.74) is 5.27. The summed E-state index contributed by atoms with van der Waals surface area (Å²) in [5, 5.41) is 15.3. The van der Waals surface area contributed by atoms with Crippen LogP contribution in [0.3, 0.4) is 0 Å². The van der Waals surface area contributed by atoms with Gasteiger partial charge in [-0.15, -0.1) is 0 Å². The highest BCUT2D eigenvalue weighted by molar-refractivity contribution is 8.00. The van der Waals surface area contributed by atoms with Gasteiger partial charge in [-0.2, -0.15) is 11.8 Å². The van der Waals surface area contributed by atoms with Crippen molar-refractivity contribution in [2.24, 2.45) is 5.73 Å². The van der Waals surface area contributed by atoms with E-state index in [1.165, 1.54) is 0 Å². The minimum Gasteiger partial charge on any atom is -0.379 e. The van der Waals surface area contributed by atoms with E-state index in [4.69, 9.17) is 10.8 Å². The molecule has 0 spiro atoms. The molecule has 4 atom stereocenters. The molecule has 0 aliphatic carbocycles. The fourth-order valence-corrected chi connectivity index (χ4v) is 3.89. The van der Waals surface area contributed by atoms with Gasteiger partial charge < -0.3 is 21.5 Å². The second-order valence-electron chi connectivity index (χ2n) is 4.47. The van der Waals surface area contributed by atoms with Crippen molar-refractivity contribution < 1.29 is 9.90 Å². The number of fused-ring (bicyclic) bond motifs is 1. The van der Waals surface area contributed by atoms with E-state index >= 15 is 0 Å². The SMILES string of the molecule is N[C@H](O)CCCC[C@@H]1SC[C@@H]2NC(=O)N[C@@H]21. The van der Waals surface area contributed by atoms with Crippen molar-refractivity contribution in [1.82, 2.24) is 10.6 Å². The van der Waals surface area contributed by atoms with E-state index in [1.54, 1.807) is 0 Å². The standard InChI is InChI=1S/C10H19N3O2S/c11-8(14)4-2-1-3-7-9-6(5-16-7)12-10(15)13-9/h6-9,14H,1-5,11H2,(H2,12,13,15)/t6-,7-,8+,9-/m0/s1. The van der Waals surface area contributed by atoms with Crippen LogP contribution in [0, 0.1) is 0 Å². The largest absolute Gasteiger partial charge is 0.379 e. The number of carbonyl (C=O) groups excluding carboxylic acids is 1. The van der Waals surface area contributed by atoms with E-state index < -0.39 is 6.23 Å². The van der Waals surface area contributed by atoms with Crippen LogP contribution >= 0.6 is 11.8 Å². The van der Waals surface area contributed by atoms with Gasteiger partial charge in [0.1, 0.15) is 6.23 Å². The highest BCUT2D eigenvalue weighted by Crippen LogP contribution is 2.33. The van der Waals surface area contributed by atoms with Crippen molar-refractivity contribution in [3.63, 3.8) is 0 Å². The van der Waals surface area contributed by atoms with Crippen LogP contribution in [0.15, 0.2) is 0 Å². The molecule has 0 radical (unpaired) electrons. The topological polar surface area (TPSA) is 87.4 Å². The predicted octanol–water partition coefficient (Wildman–Crippen LogP) is -0.0107. The number of thioether (sulfide) groups is 1. The molecule has 6 heteroatoms. The number of nitrogens with two attached hydrogens (primary N) is 1. The average Bonchev–Trinajstić information content (AvgIpc) is 2.72. The summed E-state index contributed by atoms with van der Waals surface area (Å²) in [6.07, 6.45) is 3.08. The van der Waals surface area contributed by atoms with Crippen molar-refractivity contribution >= 4 is 17.8 Å². The zero-order chi connectivity index (χ0) is 11.5.